The van der Waals surface area contributed by atoms with Gasteiger partial charge < -0.3 is 10.6 Å². The summed E-state index contributed by atoms with van der Waals surface area (Å²) in [6.07, 6.45) is 4.21. The molecule has 2 rings (SSSR count). The predicted molar refractivity (Wildman–Crippen MR) is 74.3 cm³/mol. The number of rotatable bonds is 2. The van der Waals surface area contributed by atoms with Crippen LogP contribution in [0.2, 0.25) is 0 Å². The summed E-state index contributed by atoms with van der Waals surface area (Å²) in [5.74, 6) is 0.895. The van der Waals surface area contributed by atoms with E-state index in [0.717, 1.165) is 18.8 Å². The normalized spacial score (nSPS) is 22.1. The van der Waals surface area contributed by atoms with Crippen LogP contribution < -0.4 is 5.73 Å². The lowest BCUT2D eigenvalue weighted by Crippen LogP contribution is -2.39. The van der Waals surface area contributed by atoms with Crippen LogP contribution in [0.25, 0.3) is 0 Å². The van der Waals surface area contributed by atoms with Crippen LogP contribution in [0.4, 0.5) is 5.95 Å². The van der Waals surface area contributed by atoms with E-state index in [1.54, 1.807) is 6.20 Å². The Kier molecular flexibility index (Phi) is 3.85. The molecule has 2 heterocycles. The molecular formula is C14H24N4. The van der Waals surface area contributed by atoms with Crippen molar-refractivity contribution in [3.63, 3.8) is 0 Å². The first-order valence-electron chi connectivity index (χ1n) is 6.75. The second-order valence-corrected chi connectivity index (χ2v) is 6.47. The Morgan fingerprint density at radius 1 is 1.44 bits per heavy atom. The van der Waals surface area contributed by atoms with Crippen LogP contribution in [0.15, 0.2) is 12.3 Å². The van der Waals surface area contributed by atoms with E-state index in [1.165, 1.54) is 19.4 Å². The number of nitrogen functional groups attached to an aromatic ring is 1. The first-order valence-corrected chi connectivity index (χ1v) is 6.75. The van der Waals surface area contributed by atoms with Gasteiger partial charge >= 0.3 is 0 Å². The van der Waals surface area contributed by atoms with Crippen molar-refractivity contribution < 1.29 is 0 Å². The molecule has 1 aliphatic rings. The van der Waals surface area contributed by atoms with Crippen molar-refractivity contribution in [2.24, 2.45) is 5.41 Å². The molecule has 0 spiro atoms. The Bertz CT molecular complexity index is 397. The van der Waals surface area contributed by atoms with Gasteiger partial charge in [-0.2, -0.15) is 0 Å². The highest BCUT2D eigenvalue weighted by Gasteiger charge is 2.25. The summed E-state index contributed by atoms with van der Waals surface area (Å²) in [5.41, 5.74) is 7.12. The highest BCUT2D eigenvalue weighted by molar-refractivity contribution is 5.20. The van der Waals surface area contributed by atoms with E-state index in [0.29, 0.717) is 17.3 Å². The zero-order valence-electron chi connectivity index (χ0n) is 11.7. The highest BCUT2D eigenvalue weighted by atomic mass is 15.1. The first kappa shape index (κ1) is 13.3. The Morgan fingerprint density at radius 2 is 2.22 bits per heavy atom. The molecule has 4 nitrogen and oxygen atoms in total. The molecule has 0 aliphatic carbocycles. The van der Waals surface area contributed by atoms with Crippen LogP contribution in [-0.4, -0.2) is 34.5 Å². The molecule has 1 aromatic rings. The lowest BCUT2D eigenvalue weighted by molar-refractivity contribution is 0.149. The lowest BCUT2D eigenvalue weighted by Gasteiger charge is -2.36. The van der Waals surface area contributed by atoms with Crippen LogP contribution >= 0.6 is 0 Å². The smallest absolute Gasteiger partial charge is 0.220 e. The third-order valence-corrected chi connectivity index (χ3v) is 3.32. The van der Waals surface area contributed by atoms with Gasteiger partial charge in [-0.3, -0.25) is 0 Å². The molecule has 4 heteroatoms. The lowest BCUT2D eigenvalue weighted by atomic mass is 9.90. The average molecular weight is 248 g/mol. The van der Waals surface area contributed by atoms with Gasteiger partial charge in [0.05, 0.1) is 5.69 Å². The standard InChI is InChI=1S/C14H24N4/c1-14(2,3)10-18-8-4-5-11(9-18)12-6-7-16-13(15)17-12/h6-7,11H,4-5,8-10H2,1-3H3,(H2,15,16,17)/t11-/m0/s1. The van der Waals surface area contributed by atoms with E-state index >= 15 is 0 Å². The summed E-state index contributed by atoms with van der Waals surface area (Å²) in [4.78, 5) is 10.9. The minimum absolute atomic E-state index is 0.354. The van der Waals surface area contributed by atoms with Crippen LogP contribution in [0.1, 0.15) is 45.2 Å². The largest absolute Gasteiger partial charge is 0.368 e. The van der Waals surface area contributed by atoms with Crippen molar-refractivity contribution >= 4 is 5.95 Å². The van der Waals surface area contributed by atoms with Gasteiger partial charge in [-0.1, -0.05) is 20.8 Å². The second-order valence-electron chi connectivity index (χ2n) is 6.47. The average Bonchev–Trinajstić information content (AvgIpc) is 2.27. The Balaban J connectivity index is 2.02. The predicted octanol–water partition coefficient (Wildman–Crippen LogP) is 2.28. The fourth-order valence-corrected chi connectivity index (χ4v) is 2.73. The molecule has 0 saturated carbocycles. The molecule has 2 N–H and O–H groups in total. The number of hydrogen-bond donors (Lipinski definition) is 1. The van der Waals surface area contributed by atoms with Gasteiger partial charge in [-0.15, -0.1) is 0 Å². The molecule has 0 unspecified atom stereocenters. The molecule has 100 valence electrons. The molecule has 1 saturated heterocycles. The van der Waals surface area contributed by atoms with Gasteiger partial charge in [0.25, 0.3) is 0 Å². The van der Waals surface area contributed by atoms with E-state index in [1.807, 2.05) is 6.07 Å². The van der Waals surface area contributed by atoms with E-state index in [9.17, 15) is 0 Å². The molecule has 0 bridgehead atoms. The van der Waals surface area contributed by atoms with Crippen molar-refractivity contribution in [1.82, 2.24) is 14.9 Å². The van der Waals surface area contributed by atoms with Crippen molar-refractivity contribution in [2.45, 2.75) is 39.5 Å². The van der Waals surface area contributed by atoms with Gasteiger partial charge in [0.2, 0.25) is 5.95 Å². The maximum absolute atomic E-state index is 5.67. The molecule has 0 amide bonds. The number of hydrogen-bond acceptors (Lipinski definition) is 4. The van der Waals surface area contributed by atoms with Crippen LogP contribution in [0, 0.1) is 5.41 Å². The van der Waals surface area contributed by atoms with E-state index in [-0.39, 0.29) is 0 Å². The molecular weight excluding hydrogens is 224 g/mol. The summed E-state index contributed by atoms with van der Waals surface area (Å²) < 4.78 is 0. The Hall–Kier alpha value is -1.16. The molecule has 1 atom stereocenters. The summed E-state index contributed by atoms with van der Waals surface area (Å²) in [7, 11) is 0. The zero-order valence-corrected chi connectivity index (χ0v) is 11.7. The molecule has 1 aromatic heterocycles. The Morgan fingerprint density at radius 3 is 2.89 bits per heavy atom. The second kappa shape index (κ2) is 5.22. The van der Waals surface area contributed by atoms with Gasteiger partial charge in [0.1, 0.15) is 0 Å². The maximum Gasteiger partial charge on any atom is 0.220 e. The van der Waals surface area contributed by atoms with Crippen molar-refractivity contribution in [2.75, 3.05) is 25.4 Å². The SMILES string of the molecule is CC(C)(C)CN1CCC[C@H](c2ccnc(N)n2)C1. The summed E-state index contributed by atoms with van der Waals surface area (Å²) in [6, 6.07) is 2.00. The van der Waals surface area contributed by atoms with Crippen LogP contribution in [0.3, 0.4) is 0 Å². The number of anilines is 1. The topological polar surface area (TPSA) is 55.0 Å². The van der Waals surface area contributed by atoms with Crippen molar-refractivity contribution in [1.29, 1.82) is 0 Å². The highest BCUT2D eigenvalue weighted by Crippen LogP contribution is 2.27. The summed E-state index contributed by atoms with van der Waals surface area (Å²) in [5, 5.41) is 0. The number of nitrogens with zero attached hydrogens (tertiary/aromatic N) is 3. The fourth-order valence-electron chi connectivity index (χ4n) is 2.73. The maximum atomic E-state index is 5.67. The van der Waals surface area contributed by atoms with Gasteiger partial charge in [-0.25, -0.2) is 9.97 Å². The van der Waals surface area contributed by atoms with Gasteiger partial charge in [-0.05, 0) is 30.9 Å². The molecule has 0 radical (unpaired) electrons. The molecule has 18 heavy (non-hydrogen) atoms. The summed E-state index contributed by atoms with van der Waals surface area (Å²) in [6.45, 7) is 10.3. The van der Waals surface area contributed by atoms with E-state index in [2.05, 4.69) is 35.6 Å². The van der Waals surface area contributed by atoms with Gasteiger partial charge in [0.15, 0.2) is 0 Å². The molecule has 1 aliphatic heterocycles. The minimum Gasteiger partial charge on any atom is -0.368 e. The summed E-state index contributed by atoms with van der Waals surface area (Å²) >= 11 is 0. The van der Waals surface area contributed by atoms with E-state index < -0.39 is 0 Å². The fraction of sp³-hybridized carbons (Fsp3) is 0.714. The number of aromatic nitrogens is 2. The monoisotopic (exact) mass is 248 g/mol. The Labute approximate surface area is 110 Å². The van der Waals surface area contributed by atoms with E-state index in [4.69, 9.17) is 5.73 Å². The molecule has 1 fully saturated rings. The van der Waals surface area contributed by atoms with Crippen molar-refractivity contribution in [3.05, 3.63) is 18.0 Å². The minimum atomic E-state index is 0.354. The first-order chi connectivity index (χ1) is 8.44. The quantitative estimate of drug-likeness (QED) is 0.872. The third kappa shape index (κ3) is 3.67. The van der Waals surface area contributed by atoms with Crippen LogP contribution in [-0.2, 0) is 0 Å². The third-order valence-electron chi connectivity index (χ3n) is 3.32. The number of likely N-dealkylation sites (tertiary alicyclic amines) is 1. The van der Waals surface area contributed by atoms with Crippen LogP contribution in [0.5, 0.6) is 0 Å². The number of nitrogens with two attached hydrogens (primary N) is 1. The zero-order chi connectivity index (χ0) is 13.2. The number of piperidine rings is 1. The van der Waals surface area contributed by atoms with Gasteiger partial charge in [0, 0.05) is 25.2 Å². The molecule has 0 aromatic carbocycles. The van der Waals surface area contributed by atoms with Crippen molar-refractivity contribution in [3.8, 4) is 0 Å².